The van der Waals surface area contributed by atoms with Crippen LogP contribution in [0.4, 0.5) is 4.39 Å². The van der Waals surface area contributed by atoms with Gasteiger partial charge in [0.05, 0.1) is 0 Å². The molecule has 0 bridgehead atoms. The van der Waals surface area contributed by atoms with Crippen molar-refractivity contribution in [2.24, 2.45) is 0 Å². The molecule has 3 rings (SSSR count). The summed E-state index contributed by atoms with van der Waals surface area (Å²) in [6.45, 7) is 3.06. The highest BCUT2D eigenvalue weighted by Crippen LogP contribution is 2.25. The van der Waals surface area contributed by atoms with Crippen LogP contribution in [0.25, 0.3) is 0 Å². The van der Waals surface area contributed by atoms with Crippen LogP contribution in [0.1, 0.15) is 41.6 Å². The molecule has 1 aliphatic carbocycles. The molecule has 0 aromatic heterocycles. The van der Waals surface area contributed by atoms with Crippen molar-refractivity contribution in [2.75, 3.05) is 6.54 Å². The second-order valence-corrected chi connectivity index (χ2v) is 5.94. The van der Waals surface area contributed by atoms with E-state index in [9.17, 15) is 4.39 Å². The molecule has 0 aliphatic heterocycles. The van der Waals surface area contributed by atoms with E-state index in [1.165, 1.54) is 42.0 Å². The molecule has 1 aliphatic rings. The molecule has 0 saturated heterocycles. The van der Waals surface area contributed by atoms with Crippen LogP contribution >= 0.6 is 0 Å². The summed E-state index contributed by atoms with van der Waals surface area (Å²) in [7, 11) is 0. The van der Waals surface area contributed by atoms with Crippen LogP contribution < -0.4 is 5.32 Å². The summed E-state index contributed by atoms with van der Waals surface area (Å²) in [5.41, 5.74) is 5.44. The highest BCUT2D eigenvalue weighted by atomic mass is 19.1. The first-order valence-corrected chi connectivity index (χ1v) is 7.82. The van der Waals surface area contributed by atoms with Crippen molar-refractivity contribution >= 4 is 0 Å². The Morgan fingerprint density at radius 3 is 2.81 bits per heavy atom. The highest BCUT2D eigenvalue weighted by Gasteiger charge is 2.13. The largest absolute Gasteiger partial charge is 0.310 e. The molecule has 0 heterocycles. The van der Waals surface area contributed by atoms with Gasteiger partial charge in [0.15, 0.2) is 0 Å². The molecule has 2 aromatic rings. The molecule has 110 valence electrons. The van der Waals surface area contributed by atoms with Gasteiger partial charge in [0.25, 0.3) is 0 Å². The maximum atomic E-state index is 13.1. The maximum Gasteiger partial charge on any atom is 0.123 e. The Bertz CT molecular complexity index is 621. The lowest BCUT2D eigenvalue weighted by Gasteiger charge is -2.15. The lowest BCUT2D eigenvalue weighted by molar-refractivity contribution is 0.574. The lowest BCUT2D eigenvalue weighted by atomic mass is 10.0. The molecule has 1 unspecified atom stereocenters. The zero-order chi connectivity index (χ0) is 14.7. The third-order valence-electron chi connectivity index (χ3n) is 4.38. The van der Waals surface area contributed by atoms with E-state index in [-0.39, 0.29) is 5.82 Å². The van der Waals surface area contributed by atoms with E-state index in [0.29, 0.717) is 6.04 Å². The number of hydrogen-bond acceptors (Lipinski definition) is 1. The molecule has 2 aromatic carbocycles. The minimum Gasteiger partial charge on any atom is -0.310 e. The normalized spacial score (nSPS) is 15.0. The minimum atomic E-state index is -0.154. The van der Waals surface area contributed by atoms with Crippen molar-refractivity contribution < 1.29 is 4.39 Å². The van der Waals surface area contributed by atoms with Crippen molar-refractivity contribution in [1.82, 2.24) is 5.32 Å². The van der Waals surface area contributed by atoms with Gasteiger partial charge in [-0.3, -0.25) is 0 Å². The van der Waals surface area contributed by atoms with E-state index >= 15 is 0 Å². The summed E-state index contributed by atoms with van der Waals surface area (Å²) in [5, 5.41) is 3.54. The predicted molar refractivity (Wildman–Crippen MR) is 85.0 cm³/mol. The summed E-state index contributed by atoms with van der Waals surface area (Å²) in [4.78, 5) is 0. The summed E-state index contributed by atoms with van der Waals surface area (Å²) in [6.07, 6.45) is 4.60. The van der Waals surface area contributed by atoms with Crippen molar-refractivity contribution in [3.8, 4) is 0 Å². The van der Waals surface area contributed by atoms with E-state index in [1.807, 2.05) is 6.07 Å². The molecule has 0 saturated carbocycles. The highest BCUT2D eigenvalue weighted by molar-refractivity contribution is 5.36. The quantitative estimate of drug-likeness (QED) is 0.867. The molecule has 0 spiro atoms. The Balaban J connectivity index is 1.55. The van der Waals surface area contributed by atoms with Crippen LogP contribution in [0.5, 0.6) is 0 Å². The van der Waals surface area contributed by atoms with Crippen LogP contribution in [-0.2, 0) is 19.3 Å². The van der Waals surface area contributed by atoms with Gasteiger partial charge in [-0.1, -0.05) is 30.3 Å². The molecule has 1 N–H and O–H groups in total. The lowest BCUT2D eigenvalue weighted by Crippen LogP contribution is -2.21. The average molecular weight is 283 g/mol. The van der Waals surface area contributed by atoms with Crippen molar-refractivity contribution in [3.05, 3.63) is 70.5 Å². The van der Waals surface area contributed by atoms with E-state index in [2.05, 4.69) is 30.4 Å². The van der Waals surface area contributed by atoms with Crippen LogP contribution in [0.2, 0.25) is 0 Å². The van der Waals surface area contributed by atoms with Crippen LogP contribution in [-0.4, -0.2) is 6.54 Å². The molecule has 0 radical (unpaired) electrons. The van der Waals surface area contributed by atoms with Gasteiger partial charge in [-0.2, -0.15) is 0 Å². The predicted octanol–water partition coefficient (Wildman–Crippen LogP) is 4.21. The molecule has 0 amide bonds. The van der Waals surface area contributed by atoms with E-state index in [0.717, 1.165) is 18.5 Å². The van der Waals surface area contributed by atoms with Crippen LogP contribution in [0.3, 0.4) is 0 Å². The first-order valence-electron chi connectivity index (χ1n) is 7.82. The summed E-state index contributed by atoms with van der Waals surface area (Å²) < 4.78 is 13.1. The zero-order valence-electron chi connectivity index (χ0n) is 12.5. The number of nitrogens with one attached hydrogen (secondary N) is 1. The third-order valence-corrected chi connectivity index (χ3v) is 4.38. The zero-order valence-corrected chi connectivity index (χ0v) is 12.5. The summed E-state index contributed by atoms with van der Waals surface area (Å²) >= 11 is 0. The van der Waals surface area contributed by atoms with Crippen molar-refractivity contribution in [2.45, 2.75) is 38.6 Å². The fraction of sp³-hybridized carbons (Fsp3) is 0.368. The van der Waals surface area contributed by atoms with E-state index in [4.69, 9.17) is 0 Å². The first-order chi connectivity index (χ1) is 10.2. The second-order valence-electron chi connectivity index (χ2n) is 5.94. The number of benzene rings is 2. The van der Waals surface area contributed by atoms with Crippen LogP contribution in [0, 0.1) is 5.82 Å². The maximum absolute atomic E-state index is 13.1. The van der Waals surface area contributed by atoms with E-state index < -0.39 is 0 Å². The van der Waals surface area contributed by atoms with Gasteiger partial charge in [0, 0.05) is 6.04 Å². The Kier molecular flexibility index (Phi) is 4.35. The standard InChI is InChI=1S/C19H22FN/c1-14(17-9-8-16-5-3-6-18(16)13-17)21-11-10-15-4-2-7-19(20)12-15/h2,4,7-9,12-14,21H,3,5-6,10-11H2,1H3. The summed E-state index contributed by atoms with van der Waals surface area (Å²) in [6, 6.07) is 14.1. The Labute approximate surface area is 126 Å². The van der Waals surface area contributed by atoms with Crippen molar-refractivity contribution in [1.29, 1.82) is 0 Å². The second kappa shape index (κ2) is 6.40. The molecular weight excluding hydrogens is 261 g/mol. The minimum absolute atomic E-state index is 0.154. The molecule has 1 nitrogen and oxygen atoms in total. The molecule has 1 atom stereocenters. The number of halogens is 1. The van der Waals surface area contributed by atoms with E-state index in [1.54, 1.807) is 12.1 Å². The Morgan fingerprint density at radius 1 is 1.10 bits per heavy atom. The van der Waals surface area contributed by atoms with Gasteiger partial charge in [0.1, 0.15) is 5.82 Å². The smallest absolute Gasteiger partial charge is 0.123 e. The fourth-order valence-corrected chi connectivity index (χ4v) is 3.10. The summed E-state index contributed by atoms with van der Waals surface area (Å²) in [5.74, 6) is -0.154. The fourth-order valence-electron chi connectivity index (χ4n) is 3.10. The monoisotopic (exact) mass is 283 g/mol. The van der Waals surface area contributed by atoms with Gasteiger partial charge in [-0.25, -0.2) is 4.39 Å². The average Bonchev–Trinajstić information content (AvgIpc) is 2.94. The van der Waals surface area contributed by atoms with Crippen molar-refractivity contribution in [3.63, 3.8) is 0 Å². The third kappa shape index (κ3) is 3.51. The Hall–Kier alpha value is -1.67. The first kappa shape index (κ1) is 14.3. The molecule has 21 heavy (non-hydrogen) atoms. The van der Waals surface area contributed by atoms with Gasteiger partial charge in [0.2, 0.25) is 0 Å². The number of rotatable bonds is 5. The SMILES string of the molecule is CC(NCCc1cccc(F)c1)c1ccc2c(c1)CCC2. The number of hydrogen-bond donors (Lipinski definition) is 1. The number of fused-ring (bicyclic) bond motifs is 1. The molecule has 0 fully saturated rings. The Morgan fingerprint density at radius 2 is 1.95 bits per heavy atom. The molecule has 2 heteroatoms. The van der Waals surface area contributed by atoms with Gasteiger partial charge >= 0.3 is 0 Å². The number of aryl methyl sites for hydroxylation is 2. The molecular formula is C19H22FN. The van der Waals surface area contributed by atoms with Gasteiger partial charge < -0.3 is 5.32 Å². The topological polar surface area (TPSA) is 12.0 Å². The van der Waals surface area contributed by atoms with Crippen LogP contribution in [0.15, 0.2) is 42.5 Å². The van der Waals surface area contributed by atoms with Gasteiger partial charge in [-0.05, 0) is 73.5 Å². The van der Waals surface area contributed by atoms with Gasteiger partial charge in [-0.15, -0.1) is 0 Å².